The number of rotatable bonds is 6. The predicted octanol–water partition coefficient (Wildman–Crippen LogP) is 1.82. The number of nitrogens with zero attached hydrogens (tertiary/aromatic N) is 2. The Morgan fingerprint density at radius 2 is 1.73 bits per heavy atom. The number of methoxy groups -OCH3 is 2. The van der Waals surface area contributed by atoms with Gasteiger partial charge in [0.05, 0.1) is 20.3 Å². The first-order valence-corrected chi connectivity index (χ1v) is 6.87. The average Bonchev–Trinajstić information content (AvgIpc) is 3.09. The zero-order valence-electron chi connectivity index (χ0n) is 12.5. The normalized spacial score (nSPS) is 12.0. The van der Waals surface area contributed by atoms with E-state index in [2.05, 4.69) is 5.10 Å². The number of carbonyl (C=O) groups is 2. The highest BCUT2D eigenvalue weighted by Crippen LogP contribution is 2.26. The van der Waals surface area contributed by atoms with Crippen LogP contribution in [0.1, 0.15) is 18.0 Å². The van der Waals surface area contributed by atoms with E-state index in [4.69, 9.17) is 9.47 Å². The smallest absolute Gasteiger partial charge is 0.320 e. The Balaban J connectivity index is 2.33. The summed E-state index contributed by atoms with van der Waals surface area (Å²) < 4.78 is 11.2. The summed E-state index contributed by atoms with van der Waals surface area (Å²) in [5.41, 5.74) is 0.948. The SMILES string of the molecule is COC(=O)C(CC(c1ccccc1)n1cccn1)C(=O)OC. The summed E-state index contributed by atoms with van der Waals surface area (Å²) in [7, 11) is 2.51. The second kappa shape index (κ2) is 7.40. The van der Waals surface area contributed by atoms with E-state index in [0.717, 1.165) is 5.56 Å². The van der Waals surface area contributed by atoms with Crippen molar-refractivity contribution in [2.24, 2.45) is 5.92 Å². The lowest BCUT2D eigenvalue weighted by Crippen LogP contribution is -2.30. The standard InChI is InChI=1S/C16H18N2O4/c1-21-15(19)13(16(20)22-2)11-14(18-10-6-9-17-18)12-7-4-3-5-8-12/h3-10,13-14H,11H2,1-2H3. The summed E-state index contributed by atoms with van der Waals surface area (Å²) in [5.74, 6) is -2.22. The molecular weight excluding hydrogens is 284 g/mol. The molecule has 0 bridgehead atoms. The maximum atomic E-state index is 11.9. The quantitative estimate of drug-likeness (QED) is 0.601. The third kappa shape index (κ3) is 3.52. The second-order valence-corrected chi connectivity index (χ2v) is 4.75. The van der Waals surface area contributed by atoms with Crippen molar-refractivity contribution in [1.82, 2.24) is 9.78 Å². The van der Waals surface area contributed by atoms with Crippen LogP contribution in [0.5, 0.6) is 0 Å². The molecule has 2 rings (SSSR count). The van der Waals surface area contributed by atoms with Gasteiger partial charge in [-0.15, -0.1) is 0 Å². The van der Waals surface area contributed by atoms with Crippen molar-refractivity contribution in [2.75, 3.05) is 14.2 Å². The molecule has 0 aliphatic heterocycles. The molecule has 2 aromatic rings. The van der Waals surface area contributed by atoms with Crippen LogP contribution in [0.2, 0.25) is 0 Å². The molecule has 0 radical (unpaired) electrons. The van der Waals surface area contributed by atoms with Gasteiger partial charge in [0.15, 0.2) is 5.92 Å². The summed E-state index contributed by atoms with van der Waals surface area (Å²) in [6, 6.07) is 11.1. The highest BCUT2D eigenvalue weighted by molar-refractivity contribution is 5.94. The fourth-order valence-electron chi connectivity index (χ4n) is 2.33. The number of ether oxygens (including phenoxy) is 2. The molecule has 1 aromatic heterocycles. The van der Waals surface area contributed by atoms with Crippen molar-refractivity contribution in [1.29, 1.82) is 0 Å². The summed E-state index contributed by atoms with van der Waals surface area (Å²) in [6.45, 7) is 0. The highest BCUT2D eigenvalue weighted by Gasteiger charge is 2.33. The van der Waals surface area contributed by atoms with E-state index < -0.39 is 17.9 Å². The van der Waals surface area contributed by atoms with Gasteiger partial charge in [-0.1, -0.05) is 30.3 Å². The highest BCUT2D eigenvalue weighted by atomic mass is 16.5. The van der Waals surface area contributed by atoms with Crippen molar-refractivity contribution in [3.05, 3.63) is 54.4 Å². The fourth-order valence-corrected chi connectivity index (χ4v) is 2.33. The van der Waals surface area contributed by atoms with E-state index in [9.17, 15) is 9.59 Å². The van der Waals surface area contributed by atoms with Gasteiger partial charge < -0.3 is 9.47 Å². The molecule has 6 heteroatoms. The van der Waals surface area contributed by atoms with Crippen molar-refractivity contribution in [2.45, 2.75) is 12.5 Å². The largest absolute Gasteiger partial charge is 0.468 e. The van der Waals surface area contributed by atoms with Crippen LogP contribution in [0.15, 0.2) is 48.8 Å². The Morgan fingerprint density at radius 3 is 2.23 bits per heavy atom. The molecular formula is C16H18N2O4. The van der Waals surface area contributed by atoms with E-state index in [-0.39, 0.29) is 12.5 Å². The number of esters is 2. The zero-order valence-corrected chi connectivity index (χ0v) is 12.5. The first-order chi connectivity index (χ1) is 10.7. The van der Waals surface area contributed by atoms with E-state index >= 15 is 0 Å². The lowest BCUT2D eigenvalue weighted by Gasteiger charge is -2.21. The minimum absolute atomic E-state index is 0.213. The molecule has 0 fully saturated rings. The number of hydrogen-bond donors (Lipinski definition) is 0. The second-order valence-electron chi connectivity index (χ2n) is 4.75. The molecule has 6 nitrogen and oxygen atoms in total. The van der Waals surface area contributed by atoms with Crippen molar-refractivity contribution < 1.29 is 19.1 Å². The van der Waals surface area contributed by atoms with Gasteiger partial charge in [-0.2, -0.15) is 5.10 Å². The molecule has 116 valence electrons. The van der Waals surface area contributed by atoms with Crippen LogP contribution in [0.4, 0.5) is 0 Å². The Labute approximate surface area is 128 Å². The van der Waals surface area contributed by atoms with E-state index in [1.54, 1.807) is 23.1 Å². The minimum Gasteiger partial charge on any atom is -0.468 e. The monoisotopic (exact) mass is 302 g/mol. The van der Waals surface area contributed by atoms with Crippen LogP contribution in [-0.4, -0.2) is 35.9 Å². The Bertz CT molecular complexity index is 594. The first kappa shape index (κ1) is 15.8. The molecule has 22 heavy (non-hydrogen) atoms. The van der Waals surface area contributed by atoms with Gasteiger partial charge in [0.2, 0.25) is 0 Å². The average molecular weight is 302 g/mol. The van der Waals surface area contributed by atoms with Crippen molar-refractivity contribution >= 4 is 11.9 Å². The Kier molecular flexibility index (Phi) is 5.30. The third-order valence-corrected chi connectivity index (χ3v) is 3.46. The van der Waals surface area contributed by atoms with Crippen LogP contribution in [0.3, 0.4) is 0 Å². The molecule has 1 aromatic carbocycles. The maximum Gasteiger partial charge on any atom is 0.320 e. The molecule has 0 amide bonds. The number of aromatic nitrogens is 2. The summed E-state index contributed by atoms with van der Waals surface area (Å²) >= 11 is 0. The molecule has 0 saturated carbocycles. The fraction of sp³-hybridized carbons (Fsp3) is 0.312. The van der Waals surface area contributed by atoms with Gasteiger partial charge in [0.25, 0.3) is 0 Å². The zero-order chi connectivity index (χ0) is 15.9. The lowest BCUT2D eigenvalue weighted by molar-refractivity contribution is -0.159. The molecule has 0 spiro atoms. The van der Waals surface area contributed by atoms with E-state index in [1.165, 1.54) is 14.2 Å². The van der Waals surface area contributed by atoms with Crippen LogP contribution in [0.25, 0.3) is 0 Å². The molecule has 0 saturated heterocycles. The number of hydrogen-bond acceptors (Lipinski definition) is 5. The van der Waals surface area contributed by atoms with Crippen LogP contribution in [0, 0.1) is 5.92 Å². The molecule has 0 aliphatic carbocycles. The Morgan fingerprint density at radius 1 is 1.09 bits per heavy atom. The van der Waals surface area contributed by atoms with Crippen molar-refractivity contribution in [3.63, 3.8) is 0 Å². The number of benzene rings is 1. The summed E-state index contributed by atoms with van der Waals surface area (Å²) in [4.78, 5) is 23.8. The third-order valence-electron chi connectivity index (χ3n) is 3.46. The molecule has 1 heterocycles. The minimum atomic E-state index is -0.996. The van der Waals surface area contributed by atoms with Gasteiger partial charge >= 0.3 is 11.9 Å². The first-order valence-electron chi connectivity index (χ1n) is 6.87. The molecule has 1 unspecified atom stereocenters. The summed E-state index contributed by atoms with van der Waals surface area (Å²) in [5, 5.41) is 4.23. The van der Waals surface area contributed by atoms with Gasteiger partial charge in [-0.05, 0) is 18.1 Å². The topological polar surface area (TPSA) is 70.4 Å². The van der Waals surface area contributed by atoms with Crippen molar-refractivity contribution in [3.8, 4) is 0 Å². The van der Waals surface area contributed by atoms with Gasteiger partial charge in [-0.25, -0.2) is 0 Å². The predicted molar refractivity (Wildman–Crippen MR) is 78.9 cm³/mol. The van der Waals surface area contributed by atoms with E-state index in [0.29, 0.717) is 0 Å². The van der Waals surface area contributed by atoms with Gasteiger partial charge in [0.1, 0.15) is 0 Å². The Hall–Kier alpha value is -2.63. The van der Waals surface area contributed by atoms with E-state index in [1.807, 2.05) is 30.3 Å². The van der Waals surface area contributed by atoms with Crippen LogP contribution >= 0.6 is 0 Å². The van der Waals surface area contributed by atoms with Crippen LogP contribution in [-0.2, 0) is 19.1 Å². The molecule has 1 atom stereocenters. The molecule has 0 N–H and O–H groups in total. The lowest BCUT2D eigenvalue weighted by atomic mass is 9.94. The van der Waals surface area contributed by atoms with Crippen LogP contribution < -0.4 is 0 Å². The maximum absolute atomic E-state index is 11.9. The van der Waals surface area contributed by atoms with Gasteiger partial charge in [-0.3, -0.25) is 14.3 Å². The number of carbonyl (C=O) groups excluding carboxylic acids is 2. The molecule has 0 aliphatic rings. The van der Waals surface area contributed by atoms with Gasteiger partial charge in [0, 0.05) is 12.4 Å². The summed E-state index contributed by atoms with van der Waals surface area (Å²) in [6.07, 6.45) is 3.66.